The van der Waals surface area contributed by atoms with Crippen LogP contribution in [0.5, 0.6) is 0 Å². The molecule has 1 saturated carbocycles. The van der Waals surface area contributed by atoms with Gasteiger partial charge in [0.05, 0.1) is 0 Å². The Morgan fingerprint density at radius 2 is 1.60 bits per heavy atom. The van der Waals surface area contributed by atoms with Gasteiger partial charge in [0.1, 0.15) is 5.41 Å². The van der Waals surface area contributed by atoms with Gasteiger partial charge in [-0.15, -0.1) is 0 Å². The number of para-hydroxylation sites is 1. The topological polar surface area (TPSA) is 58.2 Å². The lowest BCUT2D eigenvalue weighted by molar-refractivity contribution is -0.131. The highest BCUT2D eigenvalue weighted by molar-refractivity contribution is 6.17. The lowest BCUT2D eigenvalue weighted by atomic mass is 10.0. The Hall–Kier alpha value is -2.62. The molecule has 0 saturated heterocycles. The molecule has 0 heterocycles. The smallest absolute Gasteiger partial charge is 0.240 e. The largest absolute Gasteiger partial charge is 0.325 e. The molecule has 2 aromatic carbocycles. The summed E-state index contributed by atoms with van der Waals surface area (Å²) in [5.74, 6) is -0.429. The highest BCUT2D eigenvalue weighted by atomic mass is 16.2. The van der Waals surface area contributed by atoms with E-state index in [0.29, 0.717) is 12.8 Å². The molecule has 3 rings (SSSR count). The van der Waals surface area contributed by atoms with Crippen molar-refractivity contribution in [3.8, 4) is 0 Å². The third kappa shape index (κ3) is 3.43. The molecule has 2 aromatic rings. The van der Waals surface area contributed by atoms with Gasteiger partial charge in [-0.2, -0.15) is 0 Å². The first-order valence-corrected chi connectivity index (χ1v) is 8.74. The van der Waals surface area contributed by atoms with Crippen LogP contribution >= 0.6 is 0 Å². The molecule has 0 radical (unpaired) electrons. The van der Waals surface area contributed by atoms with Crippen molar-refractivity contribution >= 4 is 23.2 Å². The van der Waals surface area contributed by atoms with E-state index in [1.54, 1.807) is 0 Å². The van der Waals surface area contributed by atoms with Gasteiger partial charge in [0.15, 0.2) is 0 Å². The maximum atomic E-state index is 12.8. The molecule has 2 N–H and O–H groups in total. The Kier molecular flexibility index (Phi) is 4.62. The zero-order valence-corrected chi connectivity index (χ0v) is 15.0. The third-order valence-electron chi connectivity index (χ3n) is 4.91. The van der Waals surface area contributed by atoms with Gasteiger partial charge < -0.3 is 10.6 Å². The minimum atomic E-state index is -0.946. The number of hydrogen-bond acceptors (Lipinski definition) is 2. The zero-order valence-electron chi connectivity index (χ0n) is 15.0. The van der Waals surface area contributed by atoms with Crippen LogP contribution in [0.3, 0.4) is 0 Å². The Morgan fingerprint density at radius 1 is 0.960 bits per heavy atom. The SMILES string of the molecule is CCc1cccc(C)c1NC(=O)C1(C(=O)Nc2ccc(C)cc2)CC1. The second-order valence-corrected chi connectivity index (χ2v) is 6.82. The summed E-state index contributed by atoms with van der Waals surface area (Å²) in [7, 11) is 0. The van der Waals surface area contributed by atoms with Crippen molar-refractivity contribution in [3.63, 3.8) is 0 Å². The van der Waals surface area contributed by atoms with Crippen LogP contribution in [0.1, 0.15) is 36.5 Å². The summed E-state index contributed by atoms with van der Waals surface area (Å²) < 4.78 is 0. The molecule has 1 aliphatic carbocycles. The Morgan fingerprint density at radius 3 is 2.20 bits per heavy atom. The molecule has 0 aromatic heterocycles. The minimum Gasteiger partial charge on any atom is -0.325 e. The first-order valence-electron chi connectivity index (χ1n) is 8.74. The fourth-order valence-corrected chi connectivity index (χ4v) is 3.01. The van der Waals surface area contributed by atoms with Crippen LogP contribution in [0.4, 0.5) is 11.4 Å². The predicted molar refractivity (Wildman–Crippen MR) is 101 cm³/mol. The summed E-state index contributed by atoms with van der Waals surface area (Å²) >= 11 is 0. The number of benzene rings is 2. The first kappa shape index (κ1) is 17.2. The van der Waals surface area contributed by atoms with Crippen molar-refractivity contribution in [2.45, 2.75) is 40.0 Å². The summed E-state index contributed by atoms with van der Waals surface area (Å²) in [6, 6.07) is 13.6. The summed E-state index contributed by atoms with van der Waals surface area (Å²) in [6.45, 7) is 6.02. The highest BCUT2D eigenvalue weighted by Crippen LogP contribution is 2.47. The number of amides is 2. The average molecular weight is 336 g/mol. The third-order valence-corrected chi connectivity index (χ3v) is 4.91. The molecule has 0 unspecified atom stereocenters. The van der Waals surface area contributed by atoms with E-state index in [4.69, 9.17) is 0 Å². The van der Waals surface area contributed by atoms with Crippen LogP contribution in [0.25, 0.3) is 0 Å². The number of hydrogen-bond donors (Lipinski definition) is 2. The van der Waals surface area contributed by atoms with E-state index in [0.717, 1.165) is 34.5 Å². The molecule has 4 heteroatoms. The van der Waals surface area contributed by atoms with E-state index in [2.05, 4.69) is 17.6 Å². The van der Waals surface area contributed by atoms with Crippen LogP contribution in [0.15, 0.2) is 42.5 Å². The zero-order chi connectivity index (χ0) is 18.0. The predicted octanol–water partition coefficient (Wildman–Crippen LogP) is 4.22. The molecule has 25 heavy (non-hydrogen) atoms. The van der Waals surface area contributed by atoms with Crippen molar-refractivity contribution in [2.24, 2.45) is 5.41 Å². The van der Waals surface area contributed by atoms with E-state index >= 15 is 0 Å². The summed E-state index contributed by atoms with van der Waals surface area (Å²) in [4.78, 5) is 25.5. The second-order valence-electron chi connectivity index (χ2n) is 6.82. The molecule has 1 fully saturated rings. The number of carbonyl (C=O) groups is 2. The number of anilines is 2. The Labute approximate surface area is 148 Å². The van der Waals surface area contributed by atoms with Crippen LogP contribution in [0.2, 0.25) is 0 Å². The van der Waals surface area contributed by atoms with Crippen LogP contribution < -0.4 is 10.6 Å². The lowest BCUT2D eigenvalue weighted by Gasteiger charge is -2.18. The van der Waals surface area contributed by atoms with Gasteiger partial charge in [0.25, 0.3) is 0 Å². The van der Waals surface area contributed by atoms with Gasteiger partial charge in [0, 0.05) is 11.4 Å². The van der Waals surface area contributed by atoms with E-state index in [1.165, 1.54) is 0 Å². The van der Waals surface area contributed by atoms with E-state index < -0.39 is 5.41 Å². The summed E-state index contributed by atoms with van der Waals surface area (Å²) in [6.07, 6.45) is 2.01. The Balaban J connectivity index is 1.75. The minimum absolute atomic E-state index is 0.207. The summed E-state index contributed by atoms with van der Waals surface area (Å²) in [5, 5.41) is 5.89. The lowest BCUT2D eigenvalue weighted by Crippen LogP contribution is -2.36. The molecule has 0 aliphatic heterocycles. The van der Waals surface area contributed by atoms with Gasteiger partial charge in [-0.1, -0.05) is 42.8 Å². The monoisotopic (exact) mass is 336 g/mol. The maximum Gasteiger partial charge on any atom is 0.240 e. The van der Waals surface area contributed by atoms with Gasteiger partial charge in [-0.3, -0.25) is 9.59 Å². The number of nitrogens with one attached hydrogen (secondary N) is 2. The van der Waals surface area contributed by atoms with Crippen molar-refractivity contribution in [3.05, 3.63) is 59.2 Å². The molecule has 1 aliphatic rings. The normalized spacial score (nSPS) is 14.7. The van der Waals surface area contributed by atoms with Crippen LogP contribution in [0, 0.1) is 19.3 Å². The van der Waals surface area contributed by atoms with E-state index in [-0.39, 0.29) is 11.8 Å². The number of rotatable bonds is 5. The van der Waals surface area contributed by atoms with Gasteiger partial charge in [-0.25, -0.2) is 0 Å². The molecule has 130 valence electrons. The van der Waals surface area contributed by atoms with Crippen LogP contribution in [-0.4, -0.2) is 11.8 Å². The average Bonchev–Trinajstić information content (AvgIpc) is 3.40. The molecule has 0 bridgehead atoms. The summed E-state index contributed by atoms with van der Waals surface area (Å²) in [5.41, 5.74) is 3.84. The fourth-order valence-electron chi connectivity index (χ4n) is 3.01. The van der Waals surface area contributed by atoms with Crippen molar-refractivity contribution in [2.75, 3.05) is 10.6 Å². The number of carbonyl (C=O) groups excluding carboxylic acids is 2. The van der Waals surface area contributed by atoms with Crippen molar-refractivity contribution in [1.29, 1.82) is 0 Å². The standard InChI is InChI=1S/C21H24N2O2/c1-4-16-7-5-6-15(3)18(16)23-20(25)21(12-13-21)19(24)22-17-10-8-14(2)9-11-17/h5-11H,4,12-13H2,1-3H3,(H,22,24)(H,23,25). The molecule has 0 spiro atoms. The fraction of sp³-hybridized carbons (Fsp3) is 0.333. The van der Waals surface area contributed by atoms with E-state index in [1.807, 2.05) is 56.3 Å². The van der Waals surface area contributed by atoms with Crippen molar-refractivity contribution < 1.29 is 9.59 Å². The Bertz CT molecular complexity index is 805. The van der Waals surface area contributed by atoms with Gasteiger partial charge >= 0.3 is 0 Å². The molecular weight excluding hydrogens is 312 g/mol. The van der Waals surface area contributed by atoms with Gasteiger partial charge in [-0.05, 0) is 56.4 Å². The number of aryl methyl sites for hydroxylation is 3. The first-order chi connectivity index (χ1) is 12.0. The molecule has 2 amide bonds. The highest BCUT2D eigenvalue weighted by Gasteiger charge is 2.56. The second kappa shape index (κ2) is 6.71. The van der Waals surface area contributed by atoms with E-state index in [9.17, 15) is 9.59 Å². The quantitative estimate of drug-likeness (QED) is 0.803. The van der Waals surface area contributed by atoms with Crippen molar-refractivity contribution in [1.82, 2.24) is 0 Å². The maximum absolute atomic E-state index is 12.8. The molecular formula is C21H24N2O2. The van der Waals surface area contributed by atoms with Gasteiger partial charge in [0.2, 0.25) is 11.8 Å². The molecule has 0 atom stereocenters. The van der Waals surface area contributed by atoms with Crippen LogP contribution in [-0.2, 0) is 16.0 Å². The molecule has 4 nitrogen and oxygen atoms in total.